The molecule has 2 atom stereocenters. The highest BCUT2D eigenvalue weighted by molar-refractivity contribution is 5.99. The van der Waals surface area contributed by atoms with Crippen LogP contribution >= 0.6 is 0 Å². The molecule has 3 aromatic heterocycles. The molecule has 1 saturated carbocycles. The summed E-state index contributed by atoms with van der Waals surface area (Å²) in [6.07, 6.45) is 5.72. The topological polar surface area (TPSA) is 119 Å². The number of benzene rings is 1. The Hall–Kier alpha value is -3.77. The van der Waals surface area contributed by atoms with E-state index in [1.165, 1.54) is 6.33 Å². The molecule has 0 radical (unpaired) electrons. The van der Waals surface area contributed by atoms with E-state index in [1.807, 2.05) is 28.9 Å². The smallest absolute Gasteiger partial charge is 0.214 e. The fourth-order valence-corrected chi connectivity index (χ4v) is 4.74. The first-order valence-electron chi connectivity index (χ1n) is 11.7. The first-order valence-corrected chi connectivity index (χ1v) is 11.7. The van der Waals surface area contributed by atoms with Crippen LogP contribution in [-0.2, 0) is 6.54 Å². The zero-order valence-electron chi connectivity index (χ0n) is 19.1. The fraction of sp³-hybridized carbons (Fsp3) is 0.400. The van der Waals surface area contributed by atoms with E-state index in [-0.39, 0.29) is 12.0 Å². The van der Waals surface area contributed by atoms with Crippen LogP contribution in [-0.4, -0.2) is 55.4 Å². The molecule has 1 aliphatic carbocycles. The van der Waals surface area contributed by atoms with Gasteiger partial charge in [-0.1, -0.05) is 6.07 Å². The number of nitrogens with zero attached hydrogens (tertiary/aromatic N) is 7. The highest BCUT2D eigenvalue weighted by Gasteiger charge is 2.28. The van der Waals surface area contributed by atoms with Gasteiger partial charge in [-0.25, -0.2) is 19.6 Å². The Bertz CT molecular complexity index is 1420. The molecule has 1 aliphatic heterocycles. The van der Waals surface area contributed by atoms with Crippen molar-refractivity contribution >= 4 is 27.8 Å². The van der Waals surface area contributed by atoms with Crippen LogP contribution < -0.4 is 10.5 Å². The van der Waals surface area contributed by atoms with Crippen LogP contribution in [0.25, 0.3) is 33.2 Å². The number of anilines is 1. The van der Waals surface area contributed by atoms with Gasteiger partial charge in [-0.3, -0.25) is 0 Å². The second-order valence-electron chi connectivity index (χ2n) is 9.35. The summed E-state index contributed by atoms with van der Waals surface area (Å²) in [5.74, 6) is 1.15. The molecule has 0 amide bonds. The molecule has 2 aliphatic rings. The normalized spacial score (nSPS) is 21.1. The van der Waals surface area contributed by atoms with Crippen molar-refractivity contribution in [2.24, 2.45) is 5.92 Å². The van der Waals surface area contributed by atoms with Gasteiger partial charge in [-0.05, 0) is 57.5 Å². The van der Waals surface area contributed by atoms with Gasteiger partial charge in [0, 0.05) is 29.0 Å². The number of aromatic nitrogens is 5. The fourth-order valence-electron chi connectivity index (χ4n) is 4.74. The number of rotatable bonds is 5. The number of likely N-dealkylation sites (tertiary alicyclic amines) is 1. The van der Waals surface area contributed by atoms with Gasteiger partial charge in [0.25, 0.3) is 0 Å². The molecule has 9 heteroatoms. The van der Waals surface area contributed by atoms with Crippen LogP contribution in [0.15, 0.2) is 36.7 Å². The second-order valence-corrected chi connectivity index (χ2v) is 9.35. The predicted molar refractivity (Wildman–Crippen MR) is 129 cm³/mol. The molecule has 172 valence electrons. The molecule has 6 rings (SSSR count). The number of nitriles is 1. The lowest BCUT2D eigenvalue weighted by Gasteiger charge is -2.34. The van der Waals surface area contributed by atoms with Crippen LogP contribution in [0.4, 0.5) is 5.82 Å². The SMILES string of the molecule is CN1CCC(C#N)CC1Cn1nc(-c2ccc3nc(OC4CC4)ccc3c2)c2c(N)ncnc21. The van der Waals surface area contributed by atoms with Crippen molar-refractivity contribution in [2.75, 3.05) is 19.3 Å². The number of hydrogen-bond acceptors (Lipinski definition) is 8. The van der Waals surface area contributed by atoms with Crippen LogP contribution in [0.2, 0.25) is 0 Å². The molecule has 2 fully saturated rings. The maximum atomic E-state index is 9.43. The molecule has 1 saturated heterocycles. The maximum Gasteiger partial charge on any atom is 0.214 e. The summed E-state index contributed by atoms with van der Waals surface area (Å²) in [4.78, 5) is 15.7. The number of fused-ring (bicyclic) bond motifs is 2. The van der Waals surface area contributed by atoms with E-state index < -0.39 is 0 Å². The molecule has 0 spiro atoms. The summed E-state index contributed by atoms with van der Waals surface area (Å²) in [5.41, 5.74) is 9.58. The van der Waals surface area contributed by atoms with Gasteiger partial charge in [0.15, 0.2) is 5.65 Å². The Morgan fingerprint density at radius 1 is 1.18 bits per heavy atom. The molecule has 2 unspecified atom stereocenters. The standard InChI is InChI=1S/C25H26N8O/c1-32-9-8-15(12-26)10-18(32)13-33-25-22(24(27)28-14-29-25)23(31-33)17-2-6-20-16(11-17)3-7-21(30-20)34-19-4-5-19/h2-3,6-7,11,14-15,18-19H,4-5,8-10,13H2,1H3,(H2,27,28,29). The minimum Gasteiger partial charge on any atom is -0.474 e. The molecular weight excluding hydrogens is 428 g/mol. The number of pyridine rings is 1. The van der Waals surface area contributed by atoms with E-state index in [1.54, 1.807) is 0 Å². The molecule has 4 heterocycles. The molecular formula is C25H26N8O. The van der Waals surface area contributed by atoms with Crippen molar-refractivity contribution in [1.82, 2.24) is 29.6 Å². The lowest BCUT2D eigenvalue weighted by molar-refractivity contribution is 0.143. The Morgan fingerprint density at radius 2 is 2.06 bits per heavy atom. The van der Waals surface area contributed by atoms with Crippen LogP contribution in [0.5, 0.6) is 5.88 Å². The number of ether oxygens (including phenoxy) is 1. The van der Waals surface area contributed by atoms with Gasteiger partial charge in [0.2, 0.25) is 5.88 Å². The van der Waals surface area contributed by atoms with Gasteiger partial charge >= 0.3 is 0 Å². The van der Waals surface area contributed by atoms with E-state index in [0.717, 1.165) is 59.8 Å². The van der Waals surface area contributed by atoms with Crippen LogP contribution in [0.3, 0.4) is 0 Å². The van der Waals surface area contributed by atoms with Crippen molar-refractivity contribution in [3.05, 3.63) is 36.7 Å². The minimum absolute atomic E-state index is 0.0731. The molecule has 1 aromatic carbocycles. The summed E-state index contributed by atoms with van der Waals surface area (Å²) in [7, 11) is 2.10. The largest absolute Gasteiger partial charge is 0.474 e. The average Bonchev–Trinajstić information content (AvgIpc) is 3.59. The van der Waals surface area contributed by atoms with Crippen molar-refractivity contribution < 1.29 is 4.74 Å². The first-order chi connectivity index (χ1) is 16.6. The van der Waals surface area contributed by atoms with Gasteiger partial charge < -0.3 is 15.4 Å². The monoisotopic (exact) mass is 454 g/mol. The van der Waals surface area contributed by atoms with Crippen LogP contribution in [0.1, 0.15) is 25.7 Å². The number of likely N-dealkylation sites (N-methyl/N-ethyl adjacent to an activating group) is 1. The molecule has 9 nitrogen and oxygen atoms in total. The number of nitrogens with two attached hydrogens (primary N) is 1. The number of piperidine rings is 1. The van der Waals surface area contributed by atoms with Crippen LogP contribution in [0, 0.1) is 17.2 Å². The summed E-state index contributed by atoms with van der Waals surface area (Å²) in [5, 5.41) is 16.1. The maximum absolute atomic E-state index is 9.43. The predicted octanol–water partition coefficient (Wildman–Crippen LogP) is 3.40. The lowest BCUT2D eigenvalue weighted by Crippen LogP contribution is -2.42. The zero-order chi connectivity index (χ0) is 23.2. The van der Waals surface area contributed by atoms with Crippen molar-refractivity contribution in [3.8, 4) is 23.2 Å². The first kappa shape index (κ1) is 20.8. The zero-order valence-corrected chi connectivity index (χ0v) is 19.1. The van der Waals surface area contributed by atoms with Crippen molar-refractivity contribution in [2.45, 2.75) is 44.4 Å². The van der Waals surface area contributed by atoms with E-state index in [0.29, 0.717) is 30.0 Å². The third kappa shape index (κ3) is 3.80. The Labute approximate surface area is 197 Å². The Balaban J connectivity index is 1.38. The van der Waals surface area contributed by atoms with Crippen molar-refractivity contribution in [3.63, 3.8) is 0 Å². The second kappa shape index (κ2) is 8.22. The van der Waals surface area contributed by atoms with Gasteiger partial charge in [0.05, 0.1) is 23.5 Å². The highest BCUT2D eigenvalue weighted by atomic mass is 16.5. The van der Waals surface area contributed by atoms with Gasteiger partial charge in [-0.2, -0.15) is 10.4 Å². The Kier molecular flexibility index (Phi) is 5.03. The summed E-state index contributed by atoms with van der Waals surface area (Å²) in [6.45, 7) is 1.54. The number of hydrogen-bond donors (Lipinski definition) is 1. The lowest BCUT2D eigenvalue weighted by atomic mass is 9.92. The van der Waals surface area contributed by atoms with E-state index in [2.05, 4.69) is 39.0 Å². The van der Waals surface area contributed by atoms with Gasteiger partial charge in [0.1, 0.15) is 23.9 Å². The molecule has 0 bridgehead atoms. The van der Waals surface area contributed by atoms with Gasteiger partial charge in [-0.15, -0.1) is 0 Å². The Morgan fingerprint density at radius 3 is 2.88 bits per heavy atom. The number of nitrogen functional groups attached to an aromatic ring is 1. The third-order valence-electron chi connectivity index (χ3n) is 6.88. The summed E-state index contributed by atoms with van der Waals surface area (Å²) in [6, 6.07) is 12.7. The molecule has 34 heavy (non-hydrogen) atoms. The molecule has 2 N–H and O–H groups in total. The average molecular weight is 455 g/mol. The van der Waals surface area contributed by atoms with E-state index >= 15 is 0 Å². The summed E-state index contributed by atoms with van der Waals surface area (Å²) >= 11 is 0. The summed E-state index contributed by atoms with van der Waals surface area (Å²) < 4.78 is 7.75. The van der Waals surface area contributed by atoms with E-state index in [9.17, 15) is 5.26 Å². The van der Waals surface area contributed by atoms with Crippen molar-refractivity contribution in [1.29, 1.82) is 5.26 Å². The molecule has 4 aromatic rings. The third-order valence-corrected chi connectivity index (χ3v) is 6.88. The quantitative estimate of drug-likeness (QED) is 0.487. The highest BCUT2D eigenvalue weighted by Crippen LogP contribution is 2.33. The van der Waals surface area contributed by atoms with E-state index in [4.69, 9.17) is 15.6 Å². The minimum atomic E-state index is 0.0731.